The van der Waals surface area contributed by atoms with E-state index in [1.165, 1.54) is 0 Å². The van der Waals surface area contributed by atoms with Crippen LogP contribution in [0, 0.1) is 6.92 Å². The molecule has 4 heteroatoms. The van der Waals surface area contributed by atoms with Gasteiger partial charge in [-0.1, -0.05) is 31.2 Å². The molecule has 0 bridgehead atoms. The number of benzene rings is 2. The third kappa shape index (κ3) is 4.68. The Bertz CT molecular complexity index is 692. The van der Waals surface area contributed by atoms with Gasteiger partial charge >= 0.3 is 5.97 Å². The Kier molecular flexibility index (Phi) is 5.52. The quantitative estimate of drug-likeness (QED) is 0.856. The number of nitrogens with one attached hydrogen (secondary N) is 1. The summed E-state index contributed by atoms with van der Waals surface area (Å²) in [5.41, 5.74) is 3.32. The van der Waals surface area contributed by atoms with E-state index < -0.39 is 12.1 Å². The van der Waals surface area contributed by atoms with E-state index in [1.54, 1.807) is 25.1 Å². The van der Waals surface area contributed by atoms with Crippen molar-refractivity contribution in [3.63, 3.8) is 0 Å². The lowest BCUT2D eigenvalue weighted by atomic mass is 10.1. The molecule has 0 aromatic heterocycles. The van der Waals surface area contributed by atoms with Gasteiger partial charge in [0.15, 0.2) is 6.10 Å². The monoisotopic (exact) mass is 311 g/mol. The van der Waals surface area contributed by atoms with Crippen LogP contribution in [0.1, 0.15) is 35.3 Å². The SMILES string of the molecule is CCc1ccc(C(=O)O[C@@H](C)C(=O)Nc2cccc(C)c2)cc1. The van der Waals surface area contributed by atoms with Crippen LogP contribution in [0.25, 0.3) is 0 Å². The number of hydrogen-bond donors (Lipinski definition) is 1. The molecule has 1 amide bonds. The number of aryl methyl sites for hydroxylation is 2. The van der Waals surface area contributed by atoms with Gasteiger partial charge in [0.05, 0.1) is 5.56 Å². The Morgan fingerprint density at radius 1 is 1.13 bits per heavy atom. The summed E-state index contributed by atoms with van der Waals surface area (Å²) in [7, 11) is 0. The van der Waals surface area contributed by atoms with E-state index >= 15 is 0 Å². The zero-order valence-corrected chi connectivity index (χ0v) is 13.6. The Morgan fingerprint density at radius 3 is 2.43 bits per heavy atom. The van der Waals surface area contributed by atoms with Crippen LogP contribution in [0.4, 0.5) is 5.69 Å². The number of ether oxygens (including phenoxy) is 1. The Morgan fingerprint density at radius 2 is 1.83 bits per heavy atom. The number of hydrogen-bond acceptors (Lipinski definition) is 3. The molecule has 0 aliphatic heterocycles. The Labute approximate surface area is 136 Å². The van der Waals surface area contributed by atoms with Crippen LogP contribution >= 0.6 is 0 Å². The van der Waals surface area contributed by atoms with Gasteiger partial charge in [-0.15, -0.1) is 0 Å². The highest BCUT2D eigenvalue weighted by molar-refractivity contribution is 5.97. The minimum atomic E-state index is -0.867. The third-order valence-electron chi connectivity index (χ3n) is 3.54. The molecule has 23 heavy (non-hydrogen) atoms. The largest absolute Gasteiger partial charge is 0.449 e. The van der Waals surface area contributed by atoms with Crippen molar-refractivity contribution < 1.29 is 14.3 Å². The standard InChI is InChI=1S/C19H21NO3/c1-4-15-8-10-16(11-9-15)19(22)23-14(3)18(21)20-17-7-5-6-13(2)12-17/h5-12,14H,4H2,1-3H3,(H,20,21)/t14-/m0/s1. The lowest BCUT2D eigenvalue weighted by Gasteiger charge is -2.14. The molecular formula is C19H21NO3. The molecule has 0 saturated carbocycles. The van der Waals surface area contributed by atoms with Crippen molar-refractivity contribution in [3.8, 4) is 0 Å². The van der Waals surface area contributed by atoms with Crippen molar-refractivity contribution in [2.75, 3.05) is 5.32 Å². The van der Waals surface area contributed by atoms with Crippen molar-refractivity contribution in [1.29, 1.82) is 0 Å². The fourth-order valence-corrected chi connectivity index (χ4v) is 2.13. The highest BCUT2D eigenvalue weighted by atomic mass is 16.5. The highest BCUT2D eigenvalue weighted by Crippen LogP contribution is 2.12. The van der Waals surface area contributed by atoms with E-state index in [0.29, 0.717) is 11.3 Å². The molecule has 2 aromatic carbocycles. The molecule has 1 N–H and O–H groups in total. The molecule has 0 radical (unpaired) electrons. The highest BCUT2D eigenvalue weighted by Gasteiger charge is 2.19. The first kappa shape index (κ1) is 16.7. The van der Waals surface area contributed by atoms with E-state index in [-0.39, 0.29) is 5.91 Å². The third-order valence-corrected chi connectivity index (χ3v) is 3.54. The normalized spacial score (nSPS) is 11.6. The van der Waals surface area contributed by atoms with Crippen LogP contribution in [-0.4, -0.2) is 18.0 Å². The number of rotatable bonds is 5. The number of carbonyl (C=O) groups is 2. The smallest absolute Gasteiger partial charge is 0.338 e. The molecule has 0 spiro atoms. The van der Waals surface area contributed by atoms with E-state index in [2.05, 4.69) is 5.32 Å². The van der Waals surface area contributed by atoms with Crippen molar-refractivity contribution in [1.82, 2.24) is 0 Å². The number of anilines is 1. The van der Waals surface area contributed by atoms with Gasteiger partial charge in [-0.3, -0.25) is 4.79 Å². The fraction of sp³-hybridized carbons (Fsp3) is 0.263. The summed E-state index contributed by atoms with van der Waals surface area (Å²) < 4.78 is 5.22. The van der Waals surface area contributed by atoms with E-state index in [0.717, 1.165) is 17.5 Å². The van der Waals surface area contributed by atoms with Gasteiger partial charge in [0, 0.05) is 5.69 Å². The summed E-state index contributed by atoms with van der Waals surface area (Å²) in [4.78, 5) is 24.2. The summed E-state index contributed by atoms with van der Waals surface area (Å²) in [5, 5.41) is 2.74. The van der Waals surface area contributed by atoms with Gasteiger partial charge in [-0.05, 0) is 55.7 Å². The second-order valence-electron chi connectivity index (χ2n) is 5.46. The van der Waals surface area contributed by atoms with Crippen molar-refractivity contribution in [2.24, 2.45) is 0 Å². The van der Waals surface area contributed by atoms with Gasteiger partial charge in [-0.2, -0.15) is 0 Å². The number of esters is 1. The van der Waals surface area contributed by atoms with Gasteiger partial charge in [0.2, 0.25) is 0 Å². The van der Waals surface area contributed by atoms with Crippen LogP contribution in [0.5, 0.6) is 0 Å². The molecule has 0 aliphatic rings. The number of carbonyl (C=O) groups excluding carboxylic acids is 2. The predicted octanol–water partition coefficient (Wildman–Crippen LogP) is 3.74. The van der Waals surface area contributed by atoms with Crippen LogP contribution in [-0.2, 0) is 16.0 Å². The van der Waals surface area contributed by atoms with Crippen molar-refractivity contribution in [3.05, 3.63) is 65.2 Å². The molecule has 2 rings (SSSR count). The minimum absolute atomic E-state index is 0.353. The molecule has 4 nitrogen and oxygen atoms in total. The summed E-state index contributed by atoms with van der Waals surface area (Å²) in [5.74, 6) is -0.853. The van der Waals surface area contributed by atoms with E-state index in [9.17, 15) is 9.59 Å². The van der Waals surface area contributed by atoms with Crippen LogP contribution in [0.15, 0.2) is 48.5 Å². The first-order chi connectivity index (χ1) is 11.0. The van der Waals surface area contributed by atoms with Crippen molar-refractivity contribution >= 4 is 17.6 Å². The summed E-state index contributed by atoms with van der Waals surface area (Å²) in [6, 6.07) is 14.6. The van der Waals surface area contributed by atoms with E-state index in [1.807, 2.05) is 44.2 Å². The molecule has 0 saturated heterocycles. The van der Waals surface area contributed by atoms with Crippen LogP contribution in [0.2, 0.25) is 0 Å². The number of amides is 1. The van der Waals surface area contributed by atoms with Crippen LogP contribution in [0.3, 0.4) is 0 Å². The molecule has 0 aliphatic carbocycles. The average molecular weight is 311 g/mol. The van der Waals surface area contributed by atoms with Gasteiger partial charge < -0.3 is 10.1 Å². The molecule has 1 atom stereocenters. The molecular weight excluding hydrogens is 290 g/mol. The maximum absolute atomic E-state index is 12.1. The lowest BCUT2D eigenvalue weighted by molar-refractivity contribution is -0.123. The molecule has 0 heterocycles. The lowest BCUT2D eigenvalue weighted by Crippen LogP contribution is -2.30. The molecule has 0 fully saturated rings. The molecule has 0 unspecified atom stereocenters. The van der Waals surface area contributed by atoms with E-state index in [4.69, 9.17) is 4.74 Å². The topological polar surface area (TPSA) is 55.4 Å². The molecule has 120 valence electrons. The minimum Gasteiger partial charge on any atom is -0.449 e. The summed E-state index contributed by atoms with van der Waals surface area (Å²) in [6.45, 7) is 5.55. The predicted molar refractivity (Wildman–Crippen MR) is 90.5 cm³/mol. The van der Waals surface area contributed by atoms with Gasteiger partial charge in [-0.25, -0.2) is 4.79 Å². The van der Waals surface area contributed by atoms with Crippen molar-refractivity contribution in [2.45, 2.75) is 33.3 Å². The summed E-state index contributed by atoms with van der Waals surface area (Å²) in [6.07, 6.45) is 0.0406. The second kappa shape index (κ2) is 7.58. The molecule has 2 aromatic rings. The van der Waals surface area contributed by atoms with Gasteiger partial charge in [0.25, 0.3) is 5.91 Å². The van der Waals surface area contributed by atoms with Gasteiger partial charge in [0.1, 0.15) is 0 Å². The second-order valence-corrected chi connectivity index (χ2v) is 5.46. The zero-order chi connectivity index (χ0) is 16.8. The van der Waals surface area contributed by atoms with Crippen LogP contribution < -0.4 is 5.32 Å². The maximum atomic E-state index is 12.1. The first-order valence-electron chi connectivity index (χ1n) is 7.67. The Balaban J connectivity index is 1.95. The first-order valence-corrected chi connectivity index (χ1v) is 7.67. The maximum Gasteiger partial charge on any atom is 0.338 e. The zero-order valence-electron chi connectivity index (χ0n) is 13.6. The average Bonchev–Trinajstić information content (AvgIpc) is 2.54. The summed E-state index contributed by atoms with van der Waals surface area (Å²) >= 11 is 0. The fourth-order valence-electron chi connectivity index (χ4n) is 2.13. The Hall–Kier alpha value is -2.62.